The van der Waals surface area contributed by atoms with Crippen LogP contribution < -0.4 is 10.1 Å². The summed E-state index contributed by atoms with van der Waals surface area (Å²) in [5, 5.41) is 2.76. The minimum Gasteiger partial charge on any atom is -0.489 e. The second-order valence-corrected chi connectivity index (χ2v) is 7.93. The van der Waals surface area contributed by atoms with Crippen LogP contribution in [0.15, 0.2) is 78.9 Å². The first-order chi connectivity index (χ1) is 16.1. The van der Waals surface area contributed by atoms with Gasteiger partial charge in [-0.3, -0.25) is 14.5 Å². The van der Waals surface area contributed by atoms with Gasteiger partial charge >= 0.3 is 0 Å². The van der Waals surface area contributed by atoms with Crippen molar-refractivity contribution in [2.45, 2.75) is 6.61 Å². The molecule has 4 rings (SSSR count). The van der Waals surface area contributed by atoms with Crippen LogP contribution in [0.4, 0.5) is 10.1 Å². The van der Waals surface area contributed by atoms with E-state index in [2.05, 4.69) is 5.32 Å². The van der Waals surface area contributed by atoms with E-state index in [-0.39, 0.29) is 24.2 Å². The number of piperazine rings is 1. The third-order valence-corrected chi connectivity index (χ3v) is 5.48. The van der Waals surface area contributed by atoms with Crippen molar-refractivity contribution in [3.63, 3.8) is 0 Å². The highest BCUT2D eigenvalue weighted by atomic mass is 19.1. The number of amides is 2. The highest BCUT2D eigenvalue weighted by molar-refractivity contribution is 5.95. The van der Waals surface area contributed by atoms with Crippen LogP contribution in [0.2, 0.25) is 0 Å². The van der Waals surface area contributed by atoms with Gasteiger partial charge in [-0.1, -0.05) is 36.4 Å². The Labute approximate surface area is 192 Å². The molecule has 1 aliphatic heterocycles. The number of benzene rings is 3. The molecule has 1 saturated heterocycles. The minimum absolute atomic E-state index is 0.0458. The van der Waals surface area contributed by atoms with E-state index in [9.17, 15) is 14.0 Å². The Morgan fingerprint density at radius 1 is 0.879 bits per heavy atom. The lowest BCUT2D eigenvalue weighted by Gasteiger charge is -2.34. The molecule has 1 aliphatic rings. The quantitative estimate of drug-likeness (QED) is 0.599. The Hall–Kier alpha value is -3.71. The summed E-state index contributed by atoms with van der Waals surface area (Å²) in [6.07, 6.45) is 0. The average molecular weight is 448 g/mol. The number of nitrogens with one attached hydrogen (secondary N) is 1. The van der Waals surface area contributed by atoms with Crippen molar-refractivity contribution >= 4 is 17.5 Å². The summed E-state index contributed by atoms with van der Waals surface area (Å²) < 4.78 is 18.8. The lowest BCUT2D eigenvalue weighted by atomic mass is 10.1. The van der Waals surface area contributed by atoms with Gasteiger partial charge in [-0.2, -0.15) is 0 Å². The smallest absolute Gasteiger partial charge is 0.254 e. The molecule has 0 aliphatic carbocycles. The summed E-state index contributed by atoms with van der Waals surface area (Å²) >= 11 is 0. The molecule has 2 amide bonds. The first-order valence-corrected chi connectivity index (χ1v) is 10.9. The first-order valence-electron chi connectivity index (χ1n) is 10.9. The molecule has 0 spiro atoms. The fourth-order valence-electron chi connectivity index (χ4n) is 3.69. The van der Waals surface area contributed by atoms with Crippen LogP contribution >= 0.6 is 0 Å². The van der Waals surface area contributed by atoms with E-state index < -0.39 is 0 Å². The van der Waals surface area contributed by atoms with Gasteiger partial charge in [0, 0.05) is 37.4 Å². The van der Waals surface area contributed by atoms with Crippen molar-refractivity contribution in [3.8, 4) is 5.75 Å². The molecule has 7 heteroatoms. The topological polar surface area (TPSA) is 61.9 Å². The number of carbonyl (C=O) groups is 2. The molecule has 0 aromatic heterocycles. The third kappa shape index (κ3) is 6.40. The van der Waals surface area contributed by atoms with Crippen LogP contribution in [0.1, 0.15) is 15.9 Å². The van der Waals surface area contributed by atoms with E-state index in [0.717, 1.165) is 5.56 Å². The number of nitrogens with zero attached hydrogens (tertiary/aromatic N) is 2. The Morgan fingerprint density at radius 3 is 2.33 bits per heavy atom. The molecular formula is C26H26FN3O3. The molecule has 0 saturated carbocycles. The average Bonchev–Trinajstić information content (AvgIpc) is 2.85. The molecule has 0 radical (unpaired) electrons. The van der Waals surface area contributed by atoms with Gasteiger partial charge in [0.05, 0.1) is 6.54 Å². The van der Waals surface area contributed by atoms with Gasteiger partial charge < -0.3 is 15.0 Å². The minimum atomic E-state index is -0.345. The molecule has 3 aromatic carbocycles. The predicted molar refractivity (Wildman–Crippen MR) is 125 cm³/mol. The van der Waals surface area contributed by atoms with E-state index in [0.29, 0.717) is 49.8 Å². The monoisotopic (exact) mass is 447 g/mol. The Kier molecular flexibility index (Phi) is 7.32. The molecule has 3 aromatic rings. The maximum Gasteiger partial charge on any atom is 0.254 e. The van der Waals surface area contributed by atoms with E-state index in [1.807, 2.05) is 47.4 Å². The van der Waals surface area contributed by atoms with Gasteiger partial charge in [0.1, 0.15) is 18.2 Å². The second kappa shape index (κ2) is 10.7. The fraction of sp³-hybridized carbons (Fsp3) is 0.231. The van der Waals surface area contributed by atoms with Crippen LogP contribution in [-0.4, -0.2) is 54.3 Å². The molecule has 0 bridgehead atoms. The zero-order chi connectivity index (χ0) is 23.0. The van der Waals surface area contributed by atoms with Crippen molar-refractivity contribution in [3.05, 3.63) is 95.8 Å². The van der Waals surface area contributed by atoms with Crippen LogP contribution in [0.25, 0.3) is 0 Å². The van der Waals surface area contributed by atoms with Crippen LogP contribution in [-0.2, 0) is 11.4 Å². The summed E-state index contributed by atoms with van der Waals surface area (Å²) in [5.41, 5.74) is 2.21. The maximum atomic E-state index is 13.0. The van der Waals surface area contributed by atoms with Gasteiger partial charge in [0.15, 0.2) is 0 Å². The normalized spacial score (nSPS) is 14.0. The first kappa shape index (κ1) is 22.5. The molecule has 1 fully saturated rings. The number of anilines is 1. The highest BCUT2D eigenvalue weighted by Gasteiger charge is 2.23. The second-order valence-electron chi connectivity index (χ2n) is 7.93. The number of ether oxygens (including phenoxy) is 1. The molecule has 1 heterocycles. The van der Waals surface area contributed by atoms with E-state index >= 15 is 0 Å². The number of rotatable bonds is 7. The lowest BCUT2D eigenvalue weighted by Crippen LogP contribution is -2.50. The van der Waals surface area contributed by atoms with Gasteiger partial charge in [-0.25, -0.2) is 4.39 Å². The predicted octanol–water partition coefficient (Wildman–Crippen LogP) is 3.80. The van der Waals surface area contributed by atoms with Crippen molar-refractivity contribution in [2.24, 2.45) is 0 Å². The number of hydrogen-bond acceptors (Lipinski definition) is 4. The maximum absolute atomic E-state index is 13.0. The lowest BCUT2D eigenvalue weighted by molar-refractivity contribution is -0.117. The molecule has 170 valence electrons. The van der Waals surface area contributed by atoms with Crippen molar-refractivity contribution in [1.82, 2.24) is 9.80 Å². The Morgan fingerprint density at radius 2 is 1.61 bits per heavy atom. The van der Waals surface area contributed by atoms with Crippen LogP contribution in [0, 0.1) is 5.82 Å². The molecule has 0 atom stereocenters. The van der Waals surface area contributed by atoms with Crippen molar-refractivity contribution in [1.29, 1.82) is 0 Å². The highest BCUT2D eigenvalue weighted by Crippen LogP contribution is 2.18. The summed E-state index contributed by atoms with van der Waals surface area (Å²) in [7, 11) is 0. The van der Waals surface area contributed by atoms with Crippen molar-refractivity contribution in [2.75, 3.05) is 38.0 Å². The Bertz CT molecular complexity index is 1080. The Balaban J connectivity index is 1.25. The van der Waals surface area contributed by atoms with Gasteiger partial charge in [-0.05, 0) is 48.0 Å². The van der Waals surface area contributed by atoms with Gasteiger partial charge in [0.25, 0.3) is 5.91 Å². The summed E-state index contributed by atoms with van der Waals surface area (Å²) in [5.74, 6) is 0.100. The van der Waals surface area contributed by atoms with E-state index in [1.165, 1.54) is 24.3 Å². The zero-order valence-corrected chi connectivity index (χ0v) is 18.2. The van der Waals surface area contributed by atoms with Gasteiger partial charge in [0.2, 0.25) is 5.91 Å². The van der Waals surface area contributed by atoms with Crippen molar-refractivity contribution < 1.29 is 18.7 Å². The number of halogens is 1. The molecule has 1 N–H and O–H groups in total. The van der Waals surface area contributed by atoms with Crippen LogP contribution in [0.5, 0.6) is 5.75 Å². The molecular weight excluding hydrogens is 421 g/mol. The zero-order valence-electron chi connectivity index (χ0n) is 18.2. The summed E-state index contributed by atoms with van der Waals surface area (Å²) in [6, 6.07) is 22.8. The molecule has 6 nitrogen and oxygen atoms in total. The van der Waals surface area contributed by atoms with Gasteiger partial charge in [-0.15, -0.1) is 0 Å². The number of hydrogen-bond donors (Lipinski definition) is 1. The fourth-order valence-corrected chi connectivity index (χ4v) is 3.69. The SMILES string of the molecule is O=C(CN1CCN(C(=O)c2cccc(OCc3ccccc3)c2)CC1)Nc1ccc(F)cc1. The van der Waals surface area contributed by atoms with E-state index in [4.69, 9.17) is 4.74 Å². The van der Waals surface area contributed by atoms with Crippen LogP contribution in [0.3, 0.4) is 0 Å². The molecule has 33 heavy (non-hydrogen) atoms. The largest absolute Gasteiger partial charge is 0.489 e. The third-order valence-electron chi connectivity index (χ3n) is 5.48. The summed E-state index contributed by atoms with van der Waals surface area (Å²) in [6.45, 7) is 2.95. The standard InChI is InChI=1S/C26H26FN3O3/c27-22-9-11-23(12-10-22)28-25(31)18-29-13-15-30(16-14-29)26(32)21-7-4-8-24(17-21)33-19-20-5-2-1-3-6-20/h1-12,17H,13-16,18-19H2,(H,28,31). The molecule has 0 unspecified atom stereocenters. The van der Waals surface area contributed by atoms with E-state index in [1.54, 1.807) is 17.0 Å². The summed E-state index contributed by atoms with van der Waals surface area (Å²) in [4.78, 5) is 29.0. The number of carbonyl (C=O) groups excluding carboxylic acids is 2.